The van der Waals surface area contributed by atoms with Crippen molar-refractivity contribution in [2.75, 3.05) is 0 Å². The molecule has 1 aromatic rings. The first-order valence-electron chi connectivity index (χ1n) is 8.05. The maximum absolute atomic E-state index is 12.7. The van der Waals surface area contributed by atoms with Crippen LogP contribution < -0.4 is 0 Å². The molecular weight excluding hydrogens is 328 g/mol. The first-order chi connectivity index (χ1) is 10.1. The first-order valence-corrected chi connectivity index (χ1v) is 8.84. The normalized spacial score (nSPS) is 36.7. The molecule has 112 valence electrons. The van der Waals surface area contributed by atoms with Gasteiger partial charge in [0.1, 0.15) is 6.61 Å². The lowest BCUT2D eigenvalue weighted by molar-refractivity contribution is -0.172. The Hall–Kier alpha value is -0.830. The number of ether oxygens (including phenoxy) is 1. The van der Waals surface area contributed by atoms with E-state index in [1.807, 2.05) is 24.3 Å². The molecule has 4 aliphatic carbocycles. The minimum Gasteiger partial charge on any atom is -0.460 e. The quantitative estimate of drug-likeness (QED) is 0.739. The van der Waals surface area contributed by atoms with Crippen molar-refractivity contribution in [3.8, 4) is 0 Å². The number of hydrogen-bond acceptors (Lipinski definition) is 2. The largest absolute Gasteiger partial charge is 0.460 e. The summed E-state index contributed by atoms with van der Waals surface area (Å²) in [6.45, 7) is 0.411. The second kappa shape index (κ2) is 5.12. The van der Waals surface area contributed by atoms with E-state index in [0.717, 1.165) is 47.1 Å². The number of rotatable bonds is 3. The molecule has 0 N–H and O–H groups in total. The summed E-state index contributed by atoms with van der Waals surface area (Å²) >= 11 is 3.43. The number of carbonyl (C=O) groups excluding carboxylic acids is 1. The molecule has 4 aliphatic rings. The molecule has 0 aromatic heterocycles. The van der Waals surface area contributed by atoms with Gasteiger partial charge in [-0.25, -0.2) is 0 Å². The van der Waals surface area contributed by atoms with Crippen LogP contribution in [0.1, 0.15) is 44.1 Å². The Balaban J connectivity index is 1.44. The van der Waals surface area contributed by atoms with Crippen LogP contribution in [0.3, 0.4) is 0 Å². The van der Waals surface area contributed by atoms with Gasteiger partial charge in [-0.15, -0.1) is 0 Å². The zero-order valence-corrected chi connectivity index (χ0v) is 13.8. The van der Waals surface area contributed by atoms with Gasteiger partial charge >= 0.3 is 5.97 Å². The van der Waals surface area contributed by atoms with Crippen molar-refractivity contribution < 1.29 is 9.53 Å². The van der Waals surface area contributed by atoms with Crippen molar-refractivity contribution in [1.82, 2.24) is 0 Å². The summed E-state index contributed by atoms with van der Waals surface area (Å²) in [4.78, 5) is 12.7. The van der Waals surface area contributed by atoms with Gasteiger partial charge in [-0.2, -0.15) is 0 Å². The number of hydrogen-bond donors (Lipinski definition) is 0. The molecule has 0 radical (unpaired) electrons. The number of halogens is 1. The van der Waals surface area contributed by atoms with Crippen LogP contribution in [0, 0.1) is 23.2 Å². The minimum atomic E-state index is -0.135. The topological polar surface area (TPSA) is 26.3 Å². The molecule has 4 fully saturated rings. The molecule has 0 saturated heterocycles. The van der Waals surface area contributed by atoms with Gasteiger partial charge < -0.3 is 4.74 Å². The third-order valence-corrected chi connectivity index (χ3v) is 6.28. The predicted molar refractivity (Wildman–Crippen MR) is 84.5 cm³/mol. The highest BCUT2D eigenvalue weighted by atomic mass is 79.9. The molecule has 0 aliphatic heterocycles. The summed E-state index contributed by atoms with van der Waals surface area (Å²) in [5, 5.41) is 0. The summed E-state index contributed by atoms with van der Waals surface area (Å²) in [5.41, 5.74) is 0.931. The second-order valence-electron chi connectivity index (χ2n) is 7.40. The molecular formula is C18H21BrO2. The molecule has 21 heavy (non-hydrogen) atoms. The molecule has 1 aromatic carbocycles. The van der Waals surface area contributed by atoms with Crippen LogP contribution in [0.5, 0.6) is 0 Å². The fourth-order valence-electron chi connectivity index (χ4n) is 5.24. The fourth-order valence-corrected chi connectivity index (χ4v) is 5.51. The first kappa shape index (κ1) is 13.8. The van der Waals surface area contributed by atoms with Gasteiger partial charge in [-0.1, -0.05) is 28.1 Å². The van der Waals surface area contributed by atoms with E-state index in [-0.39, 0.29) is 11.4 Å². The van der Waals surface area contributed by atoms with E-state index in [1.165, 1.54) is 19.3 Å². The number of benzene rings is 1. The Morgan fingerprint density at radius 2 is 1.57 bits per heavy atom. The lowest BCUT2D eigenvalue weighted by atomic mass is 9.49. The van der Waals surface area contributed by atoms with Crippen LogP contribution >= 0.6 is 15.9 Å². The van der Waals surface area contributed by atoms with E-state index >= 15 is 0 Å². The molecule has 0 atom stereocenters. The van der Waals surface area contributed by atoms with Crippen molar-refractivity contribution in [3.05, 3.63) is 34.3 Å². The van der Waals surface area contributed by atoms with Crippen molar-refractivity contribution in [1.29, 1.82) is 0 Å². The molecule has 2 nitrogen and oxygen atoms in total. The van der Waals surface area contributed by atoms with Gasteiger partial charge in [-0.3, -0.25) is 4.79 Å². The van der Waals surface area contributed by atoms with E-state index < -0.39 is 0 Å². The van der Waals surface area contributed by atoms with E-state index in [4.69, 9.17) is 4.74 Å². The summed E-state index contributed by atoms with van der Waals surface area (Å²) in [6, 6.07) is 8.01. The van der Waals surface area contributed by atoms with Crippen LogP contribution in [-0.2, 0) is 16.1 Å². The van der Waals surface area contributed by atoms with Crippen LogP contribution in [0.2, 0.25) is 0 Å². The Kier molecular flexibility index (Phi) is 3.36. The van der Waals surface area contributed by atoms with E-state index in [2.05, 4.69) is 15.9 Å². The Morgan fingerprint density at radius 3 is 2.10 bits per heavy atom. The number of carbonyl (C=O) groups is 1. The monoisotopic (exact) mass is 348 g/mol. The Morgan fingerprint density at radius 1 is 1.05 bits per heavy atom. The Bertz CT molecular complexity index is 514. The third kappa shape index (κ3) is 2.54. The van der Waals surface area contributed by atoms with Crippen molar-refractivity contribution in [3.63, 3.8) is 0 Å². The van der Waals surface area contributed by atoms with Gasteiger partial charge in [0.2, 0.25) is 0 Å². The smallest absolute Gasteiger partial charge is 0.312 e. The molecule has 4 bridgehead atoms. The average molecular weight is 349 g/mol. The highest BCUT2D eigenvalue weighted by molar-refractivity contribution is 9.10. The summed E-state index contributed by atoms with van der Waals surface area (Å²) in [6.07, 6.45) is 7.33. The summed E-state index contributed by atoms with van der Waals surface area (Å²) < 4.78 is 6.75. The van der Waals surface area contributed by atoms with Gasteiger partial charge in [0, 0.05) is 4.47 Å². The van der Waals surface area contributed by atoms with E-state index in [1.54, 1.807) is 0 Å². The summed E-state index contributed by atoms with van der Waals surface area (Å²) in [7, 11) is 0. The predicted octanol–water partition coefficient (Wildman–Crippen LogP) is 4.71. The maximum atomic E-state index is 12.7. The molecule has 4 saturated carbocycles. The third-order valence-electron chi connectivity index (χ3n) is 5.75. The highest BCUT2D eigenvalue weighted by Crippen LogP contribution is 2.60. The Labute approximate surface area is 134 Å². The SMILES string of the molecule is O=C(OCc1ccc(Br)cc1)C12CC3CC(CC(C3)C1)C2. The van der Waals surface area contributed by atoms with Crippen molar-refractivity contribution in [2.45, 2.75) is 45.1 Å². The van der Waals surface area contributed by atoms with Crippen LogP contribution in [0.4, 0.5) is 0 Å². The van der Waals surface area contributed by atoms with Crippen LogP contribution in [0.15, 0.2) is 28.7 Å². The average Bonchev–Trinajstić information content (AvgIpc) is 2.45. The van der Waals surface area contributed by atoms with Gasteiger partial charge in [-0.05, 0) is 74.0 Å². The zero-order valence-electron chi connectivity index (χ0n) is 12.2. The fraction of sp³-hybridized carbons (Fsp3) is 0.611. The minimum absolute atomic E-state index is 0.0736. The van der Waals surface area contributed by atoms with E-state index in [9.17, 15) is 4.79 Å². The molecule has 0 spiro atoms. The lowest BCUT2D eigenvalue weighted by Gasteiger charge is -2.55. The summed E-state index contributed by atoms with van der Waals surface area (Å²) in [5.74, 6) is 2.44. The maximum Gasteiger partial charge on any atom is 0.312 e. The molecule has 0 heterocycles. The van der Waals surface area contributed by atoms with Crippen LogP contribution in [-0.4, -0.2) is 5.97 Å². The van der Waals surface area contributed by atoms with Gasteiger partial charge in [0.25, 0.3) is 0 Å². The van der Waals surface area contributed by atoms with Gasteiger partial charge in [0.15, 0.2) is 0 Å². The highest BCUT2D eigenvalue weighted by Gasteiger charge is 2.55. The molecule has 0 unspecified atom stereocenters. The van der Waals surface area contributed by atoms with Crippen LogP contribution in [0.25, 0.3) is 0 Å². The lowest BCUT2D eigenvalue weighted by Crippen LogP contribution is -2.50. The van der Waals surface area contributed by atoms with E-state index in [0.29, 0.717) is 6.61 Å². The standard InChI is InChI=1S/C18H21BrO2/c19-16-3-1-12(2-4-16)11-21-17(20)18-8-13-5-14(9-18)7-15(6-13)10-18/h1-4,13-15H,5-11H2. The second-order valence-corrected chi connectivity index (χ2v) is 8.32. The van der Waals surface area contributed by atoms with Crippen molar-refractivity contribution >= 4 is 21.9 Å². The molecule has 0 amide bonds. The molecule has 5 rings (SSSR count). The van der Waals surface area contributed by atoms with Gasteiger partial charge in [0.05, 0.1) is 5.41 Å². The zero-order chi connectivity index (χ0) is 14.4. The van der Waals surface area contributed by atoms with Crippen molar-refractivity contribution in [2.24, 2.45) is 23.2 Å². The number of esters is 1. The molecule has 3 heteroatoms.